The fourth-order valence-corrected chi connectivity index (χ4v) is 2.64. The van der Waals surface area contributed by atoms with Crippen molar-refractivity contribution >= 4 is 11.9 Å². The number of amides is 1. The molecule has 0 radical (unpaired) electrons. The average molecular weight is 321 g/mol. The molecule has 4 nitrogen and oxygen atoms in total. The van der Waals surface area contributed by atoms with Gasteiger partial charge in [-0.25, -0.2) is 4.79 Å². The first-order chi connectivity index (χ1) is 11.8. The van der Waals surface area contributed by atoms with Gasteiger partial charge in [0.1, 0.15) is 0 Å². The standard InChI is InChI=1S/C20H19NO3/c22-19(16-10-4-1-5-11-16)21-15-9-3-8-14-18(21)24-20(23)17-12-6-2-7-13-17/h1-2,4-7,9-13,15,18H,3,8,14H2. The molecule has 0 aromatic heterocycles. The molecular formula is C20H19NO3. The summed E-state index contributed by atoms with van der Waals surface area (Å²) < 4.78 is 5.63. The number of nitrogens with zero attached hydrogens (tertiary/aromatic N) is 1. The molecule has 0 saturated carbocycles. The molecule has 1 atom stereocenters. The minimum atomic E-state index is -0.593. The molecule has 2 aromatic carbocycles. The molecule has 1 aliphatic rings. The second-order valence-corrected chi connectivity index (χ2v) is 5.62. The van der Waals surface area contributed by atoms with Crippen LogP contribution in [-0.2, 0) is 4.74 Å². The van der Waals surface area contributed by atoms with E-state index >= 15 is 0 Å². The van der Waals surface area contributed by atoms with Crippen molar-refractivity contribution in [2.75, 3.05) is 0 Å². The number of esters is 1. The fraction of sp³-hybridized carbons (Fsp3) is 0.200. The van der Waals surface area contributed by atoms with Gasteiger partial charge in [-0.15, -0.1) is 0 Å². The van der Waals surface area contributed by atoms with E-state index in [1.54, 1.807) is 42.6 Å². The number of benzene rings is 2. The van der Waals surface area contributed by atoms with Crippen LogP contribution in [0.15, 0.2) is 72.9 Å². The average Bonchev–Trinajstić information content (AvgIpc) is 2.88. The van der Waals surface area contributed by atoms with Crippen molar-refractivity contribution < 1.29 is 14.3 Å². The number of ether oxygens (including phenoxy) is 1. The Hall–Kier alpha value is -2.88. The number of carbonyl (C=O) groups excluding carboxylic acids is 2. The molecule has 0 aliphatic carbocycles. The largest absolute Gasteiger partial charge is 0.438 e. The van der Waals surface area contributed by atoms with Crippen LogP contribution < -0.4 is 0 Å². The van der Waals surface area contributed by atoms with Gasteiger partial charge in [0, 0.05) is 18.2 Å². The molecule has 0 bridgehead atoms. The second kappa shape index (κ2) is 7.59. The highest BCUT2D eigenvalue weighted by atomic mass is 16.6. The summed E-state index contributed by atoms with van der Waals surface area (Å²) >= 11 is 0. The number of hydrogen-bond acceptors (Lipinski definition) is 3. The van der Waals surface area contributed by atoms with E-state index in [0.29, 0.717) is 17.5 Å². The van der Waals surface area contributed by atoms with E-state index in [4.69, 9.17) is 4.74 Å². The summed E-state index contributed by atoms with van der Waals surface area (Å²) in [6, 6.07) is 17.9. The topological polar surface area (TPSA) is 46.6 Å². The highest BCUT2D eigenvalue weighted by molar-refractivity contribution is 5.95. The molecule has 4 heteroatoms. The third-order valence-electron chi connectivity index (χ3n) is 3.91. The number of allylic oxidation sites excluding steroid dienone is 1. The van der Waals surface area contributed by atoms with Gasteiger partial charge in [0.15, 0.2) is 6.23 Å². The van der Waals surface area contributed by atoms with Crippen LogP contribution in [0.4, 0.5) is 0 Å². The maximum Gasteiger partial charge on any atom is 0.340 e. The second-order valence-electron chi connectivity index (χ2n) is 5.62. The van der Waals surface area contributed by atoms with Crippen molar-refractivity contribution in [1.29, 1.82) is 0 Å². The van der Waals surface area contributed by atoms with Gasteiger partial charge in [-0.2, -0.15) is 0 Å². The number of hydrogen-bond donors (Lipinski definition) is 0. The molecule has 0 N–H and O–H groups in total. The van der Waals surface area contributed by atoms with Gasteiger partial charge in [0.2, 0.25) is 0 Å². The van der Waals surface area contributed by atoms with Crippen molar-refractivity contribution in [3.63, 3.8) is 0 Å². The first-order valence-corrected chi connectivity index (χ1v) is 8.06. The SMILES string of the molecule is O=C(OC1CCCC=CN1C(=O)c1ccccc1)c1ccccc1. The third kappa shape index (κ3) is 3.71. The summed E-state index contributed by atoms with van der Waals surface area (Å²) in [5, 5.41) is 0. The van der Waals surface area contributed by atoms with Gasteiger partial charge >= 0.3 is 5.97 Å². The lowest BCUT2D eigenvalue weighted by atomic mass is 10.2. The first-order valence-electron chi connectivity index (χ1n) is 8.06. The van der Waals surface area contributed by atoms with Crippen molar-refractivity contribution in [3.05, 3.63) is 84.1 Å². The lowest BCUT2D eigenvalue weighted by Gasteiger charge is -2.27. The van der Waals surface area contributed by atoms with E-state index in [1.165, 1.54) is 4.90 Å². The molecule has 24 heavy (non-hydrogen) atoms. The summed E-state index contributed by atoms with van der Waals surface area (Å²) in [6.07, 6.45) is 5.41. The fourth-order valence-electron chi connectivity index (χ4n) is 2.64. The Morgan fingerprint density at radius 1 is 0.917 bits per heavy atom. The molecule has 1 amide bonds. The van der Waals surface area contributed by atoms with Crippen molar-refractivity contribution in [2.45, 2.75) is 25.5 Å². The maximum atomic E-state index is 12.8. The number of carbonyl (C=O) groups is 2. The third-order valence-corrected chi connectivity index (χ3v) is 3.91. The van der Waals surface area contributed by atoms with Crippen LogP contribution in [0.1, 0.15) is 40.0 Å². The Bertz CT molecular complexity index is 725. The molecule has 1 aliphatic heterocycles. The van der Waals surface area contributed by atoms with Crippen LogP contribution >= 0.6 is 0 Å². The van der Waals surface area contributed by atoms with Crippen LogP contribution in [0.5, 0.6) is 0 Å². The van der Waals surface area contributed by atoms with E-state index < -0.39 is 12.2 Å². The summed E-state index contributed by atoms with van der Waals surface area (Å²) in [4.78, 5) is 26.6. The Morgan fingerprint density at radius 2 is 1.54 bits per heavy atom. The van der Waals surface area contributed by atoms with Crippen LogP contribution in [0.3, 0.4) is 0 Å². The molecule has 0 fully saturated rings. The lowest BCUT2D eigenvalue weighted by Crippen LogP contribution is -2.39. The van der Waals surface area contributed by atoms with Crippen LogP contribution in [0.25, 0.3) is 0 Å². The van der Waals surface area contributed by atoms with Crippen molar-refractivity contribution in [2.24, 2.45) is 0 Å². The molecule has 1 unspecified atom stereocenters. The summed E-state index contributed by atoms with van der Waals surface area (Å²) in [6.45, 7) is 0. The smallest absolute Gasteiger partial charge is 0.340 e. The summed E-state index contributed by atoms with van der Waals surface area (Å²) in [7, 11) is 0. The van der Waals surface area contributed by atoms with Gasteiger partial charge in [-0.3, -0.25) is 9.69 Å². The van der Waals surface area contributed by atoms with E-state index in [1.807, 2.05) is 30.3 Å². The van der Waals surface area contributed by atoms with E-state index in [2.05, 4.69) is 0 Å². The van der Waals surface area contributed by atoms with Gasteiger partial charge in [-0.05, 0) is 37.1 Å². The summed E-state index contributed by atoms with van der Waals surface area (Å²) in [5.41, 5.74) is 1.06. The zero-order chi connectivity index (χ0) is 16.8. The zero-order valence-corrected chi connectivity index (χ0v) is 13.3. The Balaban J connectivity index is 1.80. The quantitative estimate of drug-likeness (QED) is 0.803. The Labute approximate surface area is 141 Å². The van der Waals surface area contributed by atoms with E-state index in [9.17, 15) is 9.59 Å². The van der Waals surface area contributed by atoms with Crippen molar-refractivity contribution in [3.8, 4) is 0 Å². The highest BCUT2D eigenvalue weighted by Gasteiger charge is 2.27. The van der Waals surface area contributed by atoms with Crippen LogP contribution in [-0.4, -0.2) is 23.0 Å². The van der Waals surface area contributed by atoms with E-state index in [-0.39, 0.29) is 5.91 Å². The zero-order valence-electron chi connectivity index (χ0n) is 13.3. The molecule has 2 aromatic rings. The molecule has 1 heterocycles. The first kappa shape index (κ1) is 16.0. The van der Waals surface area contributed by atoms with Crippen molar-refractivity contribution in [1.82, 2.24) is 4.90 Å². The van der Waals surface area contributed by atoms with Gasteiger partial charge in [-0.1, -0.05) is 42.5 Å². The predicted molar refractivity (Wildman–Crippen MR) is 91.2 cm³/mol. The lowest BCUT2D eigenvalue weighted by molar-refractivity contribution is -0.0123. The van der Waals surface area contributed by atoms with E-state index in [0.717, 1.165) is 12.8 Å². The normalized spacial score (nSPS) is 17.2. The molecule has 122 valence electrons. The molecule has 3 rings (SSSR count). The molecular weight excluding hydrogens is 302 g/mol. The van der Waals surface area contributed by atoms with Gasteiger partial charge in [0.05, 0.1) is 5.56 Å². The monoisotopic (exact) mass is 321 g/mol. The summed E-state index contributed by atoms with van der Waals surface area (Å²) in [5.74, 6) is -0.582. The Kier molecular flexibility index (Phi) is 5.06. The number of rotatable bonds is 3. The van der Waals surface area contributed by atoms with Crippen LogP contribution in [0.2, 0.25) is 0 Å². The van der Waals surface area contributed by atoms with Gasteiger partial charge in [0.25, 0.3) is 5.91 Å². The Morgan fingerprint density at radius 3 is 2.21 bits per heavy atom. The minimum Gasteiger partial charge on any atom is -0.438 e. The molecule has 0 spiro atoms. The van der Waals surface area contributed by atoms with Gasteiger partial charge < -0.3 is 4.74 Å². The molecule has 0 saturated heterocycles. The highest BCUT2D eigenvalue weighted by Crippen LogP contribution is 2.20. The minimum absolute atomic E-state index is 0.167. The maximum absolute atomic E-state index is 12.8. The predicted octanol–water partition coefficient (Wildman–Crippen LogP) is 4.01. The van der Waals surface area contributed by atoms with Crippen LogP contribution in [0, 0.1) is 0 Å².